The van der Waals surface area contributed by atoms with Gasteiger partial charge in [-0.25, -0.2) is 0 Å². The minimum Gasteiger partial charge on any atom is -0.300 e. The summed E-state index contributed by atoms with van der Waals surface area (Å²) in [6.45, 7) is 3.33. The van der Waals surface area contributed by atoms with Crippen LogP contribution >= 0.6 is 12.2 Å². The molecule has 1 heterocycles. The molecule has 100 valence electrons. The Hall–Kier alpha value is -1.42. The van der Waals surface area contributed by atoms with Crippen molar-refractivity contribution < 1.29 is 0 Å². The molecule has 0 saturated heterocycles. The highest BCUT2D eigenvalue weighted by molar-refractivity contribution is 7.71. The summed E-state index contributed by atoms with van der Waals surface area (Å²) in [6.07, 6.45) is 5.24. The molecule has 3 nitrogen and oxygen atoms in total. The second-order valence-corrected chi connectivity index (χ2v) is 6.21. The molecular weight excluding hydrogens is 254 g/mol. The van der Waals surface area contributed by atoms with E-state index in [1.807, 2.05) is 18.2 Å². The number of hydrogen-bond acceptors (Lipinski definition) is 2. The van der Waals surface area contributed by atoms with Gasteiger partial charge in [-0.1, -0.05) is 50.1 Å². The smallest absolute Gasteiger partial charge is 0.195 e. The summed E-state index contributed by atoms with van der Waals surface area (Å²) < 4.78 is 2.89. The van der Waals surface area contributed by atoms with Crippen molar-refractivity contribution in [2.45, 2.75) is 39.2 Å². The fourth-order valence-electron chi connectivity index (χ4n) is 3.04. The lowest BCUT2D eigenvalue weighted by Crippen LogP contribution is -2.20. The molecule has 0 spiro atoms. The maximum absolute atomic E-state index is 5.40. The monoisotopic (exact) mass is 273 g/mol. The van der Waals surface area contributed by atoms with Crippen LogP contribution in [0.4, 0.5) is 0 Å². The first-order valence-corrected chi connectivity index (χ1v) is 7.29. The van der Waals surface area contributed by atoms with E-state index in [0.717, 1.165) is 22.7 Å². The van der Waals surface area contributed by atoms with Gasteiger partial charge in [-0.2, -0.15) is 5.10 Å². The van der Waals surface area contributed by atoms with Crippen LogP contribution < -0.4 is 0 Å². The Morgan fingerprint density at radius 1 is 1.26 bits per heavy atom. The number of rotatable bonds is 3. The van der Waals surface area contributed by atoms with Gasteiger partial charge in [0.05, 0.1) is 0 Å². The van der Waals surface area contributed by atoms with Crippen LogP contribution in [0.15, 0.2) is 30.3 Å². The first-order chi connectivity index (χ1) is 9.18. The average molecular weight is 273 g/mol. The molecule has 1 fully saturated rings. The van der Waals surface area contributed by atoms with Gasteiger partial charge in [0.25, 0.3) is 0 Å². The number of nitrogens with one attached hydrogen (secondary N) is 1. The Morgan fingerprint density at radius 2 is 1.95 bits per heavy atom. The number of hydrogen-bond donors (Lipinski definition) is 1. The van der Waals surface area contributed by atoms with E-state index in [4.69, 9.17) is 12.2 Å². The lowest BCUT2D eigenvalue weighted by molar-refractivity contribution is 0.281. The maximum Gasteiger partial charge on any atom is 0.195 e. The number of nitrogens with zero attached hydrogens (tertiary/aromatic N) is 2. The predicted molar refractivity (Wildman–Crippen MR) is 79.4 cm³/mol. The van der Waals surface area contributed by atoms with Crippen LogP contribution in [0, 0.1) is 10.2 Å². The zero-order valence-electron chi connectivity index (χ0n) is 11.2. The lowest BCUT2D eigenvalue weighted by Gasteiger charge is -2.24. The SMILES string of the molecule is CC1(Cn2c(-c3ccccc3)n[nH]c2=S)CCCC1. The van der Waals surface area contributed by atoms with E-state index in [2.05, 4.69) is 33.8 Å². The second-order valence-electron chi connectivity index (χ2n) is 5.82. The zero-order valence-corrected chi connectivity index (χ0v) is 12.0. The second kappa shape index (κ2) is 4.93. The van der Waals surface area contributed by atoms with Gasteiger partial charge in [0.15, 0.2) is 10.6 Å². The standard InChI is InChI=1S/C15H19N3S/c1-15(9-5-6-10-15)11-18-13(16-17-14(18)19)12-7-3-2-4-8-12/h2-4,7-8H,5-6,9-11H2,1H3,(H,17,19). The van der Waals surface area contributed by atoms with Gasteiger partial charge >= 0.3 is 0 Å². The fraction of sp³-hybridized carbons (Fsp3) is 0.467. The molecule has 1 aromatic heterocycles. The van der Waals surface area contributed by atoms with Gasteiger partial charge in [0.2, 0.25) is 0 Å². The summed E-state index contributed by atoms with van der Waals surface area (Å²) >= 11 is 5.40. The van der Waals surface area contributed by atoms with Gasteiger partial charge in [0.1, 0.15) is 0 Å². The summed E-state index contributed by atoms with van der Waals surface area (Å²) in [5.41, 5.74) is 1.49. The molecule has 1 N–H and O–H groups in total. The highest BCUT2D eigenvalue weighted by Gasteiger charge is 2.30. The molecule has 19 heavy (non-hydrogen) atoms. The summed E-state index contributed by atoms with van der Waals surface area (Å²) in [4.78, 5) is 0. The molecule has 2 aromatic rings. The van der Waals surface area contributed by atoms with E-state index in [0.29, 0.717) is 5.41 Å². The maximum atomic E-state index is 5.40. The van der Waals surface area contributed by atoms with E-state index in [1.165, 1.54) is 25.7 Å². The Balaban J connectivity index is 1.98. The van der Waals surface area contributed by atoms with E-state index in [9.17, 15) is 0 Å². The molecule has 0 radical (unpaired) electrons. The number of H-pyrrole nitrogens is 1. The third-order valence-corrected chi connectivity index (χ3v) is 4.45. The normalized spacial score (nSPS) is 17.7. The third kappa shape index (κ3) is 2.50. The molecule has 0 bridgehead atoms. The van der Waals surface area contributed by atoms with Crippen LogP contribution in [0.2, 0.25) is 0 Å². The molecule has 0 amide bonds. The number of aromatic nitrogens is 3. The van der Waals surface area contributed by atoms with E-state index in [1.54, 1.807) is 0 Å². The predicted octanol–water partition coefficient (Wildman–Crippen LogP) is 4.19. The summed E-state index contributed by atoms with van der Waals surface area (Å²) in [6, 6.07) is 10.3. The topological polar surface area (TPSA) is 33.6 Å². The molecule has 0 aliphatic heterocycles. The van der Waals surface area contributed by atoms with Crippen LogP contribution in [0.5, 0.6) is 0 Å². The average Bonchev–Trinajstić information content (AvgIpc) is 2.99. The highest BCUT2D eigenvalue weighted by atomic mass is 32.1. The van der Waals surface area contributed by atoms with Crippen molar-refractivity contribution in [3.63, 3.8) is 0 Å². The van der Waals surface area contributed by atoms with Gasteiger partial charge in [-0.3, -0.25) is 9.67 Å². The third-order valence-electron chi connectivity index (χ3n) is 4.14. The van der Waals surface area contributed by atoms with Crippen molar-refractivity contribution in [3.8, 4) is 11.4 Å². The molecule has 1 saturated carbocycles. The van der Waals surface area contributed by atoms with Crippen molar-refractivity contribution >= 4 is 12.2 Å². The minimum absolute atomic E-state index is 0.367. The van der Waals surface area contributed by atoms with E-state index in [-0.39, 0.29) is 0 Å². The van der Waals surface area contributed by atoms with Crippen molar-refractivity contribution in [2.24, 2.45) is 5.41 Å². The van der Waals surface area contributed by atoms with Gasteiger partial charge in [0, 0.05) is 12.1 Å². The Labute approximate surface area is 118 Å². The van der Waals surface area contributed by atoms with Crippen molar-refractivity contribution in [1.82, 2.24) is 14.8 Å². The van der Waals surface area contributed by atoms with E-state index < -0.39 is 0 Å². The molecule has 1 aromatic carbocycles. The molecular formula is C15H19N3S. The molecule has 1 aliphatic carbocycles. The largest absolute Gasteiger partial charge is 0.300 e. The Bertz CT molecular complexity index is 606. The summed E-state index contributed by atoms with van der Waals surface area (Å²) in [5.74, 6) is 0.957. The minimum atomic E-state index is 0.367. The fourth-order valence-corrected chi connectivity index (χ4v) is 3.24. The molecule has 0 unspecified atom stereocenters. The molecule has 0 atom stereocenters. The Morgan fingerprint density at radius 3 is 2.63 bits per heavy atom. The van der Waals surface area contributed by atoms with Gasteiger partial charge < -0.3 is 0 Å². The molecule has 1 aliphatic rings. The zero-order chi connectivity index (χ0) is 13.3. The summed E-state index contributed by atoms with van der Waals surface area (Å²) in [7, 11) is 0. The van der Waals surface area contributed by atoms with Crippen molar-refractivity contribution in [1.29, 1.82) is 0 Å². The van der Waals surface area contributed by atoms with Crippen LogP contribution in [0.3, 0.4) is 0 Å². The molecule has 4 heteroatoms. The van der Waals surface area contributed by atoms with Gasteiger partial charge in [-0.05, 0) is 30.5 Å². The molecule has 3 rings (SSSR count). The quantitative estimate of drug-likeness (QED) is 0.851. The van der Waals surface area contributed by atoms with Crippen LogP contribution in [-0.4, -0.2) is 14.8 Å². The van der Waals surface area contributed by atoms with Crippen molar-refractivity contribution in [3.05, 3.63) is 35.1 Å². The van der Waals surface area contributed by atoms with Crippen LogP contribution in [-0.2, 0) is 6.54 Å². The first kappa shape index (κ1) is 12.6. The summed E-state index contributed by atoms with van der Waals surface area (Å²) in [5, 5.41) is 7.35. The van der Waals surface area contributed by atoms with Gasteiger partial charge in [-0.15, -0.1) is 0 Å². The lowest BCUT2D eigenvalue weighted by atomic mass is 9.89. The van der Waals surface area contributed by atoms with Crippen LogP contribution in [0.25, 0.3) is 11.4 Å². The van der Waals surface area contributed by atoms with E-state index >= 15 is 0 Å². The number of benzene rings is 1. The number of aromatic amines is 1. The van der Waals surface area contributed by atoms with Crippen molar-refractivity contribution in [2.75, 3.05) is 0 Å². The highest BCUT2D eigenvalue weighted by Crippen LogP contribution is 2.39. The Kier molecular flexibility index (Phi) is 3.27. The first-order valence-electron chi connectivity index (χ1n) is 6.89. The van der Waals surface area contributed by atoms with Crippen LogP contribution in [0.1, 0.15) is 32.6 Å².